The van der Waals surface area contributed by atoms with Gasteiger partial charge in [0.1, 0.15) is 0 Å². The molecule has 4 aromatic carbocycles. The summed E-state index contributed by atoms with van der Waals surface area (Å²) in [5, 5.41) is 3.20. The molecule has 0 aliphatic carbocycles. The minimum absolute atomic E-state index is 0.239. The van der Waals surface area contributed by atoms with E-state index in [0.717, 1.165) is 33.4 Å². The summed E-state index contributed by atoms with van der Waals surface area (Å²) in [5.74, 6) is -0.248. The van der Waals surface area contributed by atoms with Crippen LogP contribution in [0.2, 0.25) is 0 Å². The van der Waals surface area contributed by atoms with Crippen molar-refractivity contribution in [3.63, 3.8) is 0 Å². The second-order valence-electron chi connectivity index (χ2n) is 8.59. The monoisotopic (exact) mass is 550 g/mol. The van der Waals surface area contributed by atoms with Crippen molar-refractivity contribution in [3.05, 3.63) is 120 Å². The molecule has 0 N–H and O–H groups in total. The Morgan fingerprint density at radius 3 is 2.08 bits per heavy atom. The first kappa shape index (κ1) is 21.5. The van der Waals surface area contributed by atoms with E-state index < -0.39 is 0 Å². The molecule has 172 valence electrons. The van der Waals surface area contributed by atoms with Crippen LogP contribution in [0.25, 0.3) is 32.6 Å². The van der Waals surface area contributed by atoms with E-state index in [9.17, 15) is 4.39 Å². The molecule has 7 rings (SSSR count). The molecule has 0 saturated heterocycles. The van der Waals surface area contributed by atoms with Crippen LogP contribution < -0.4 is 13.8 Å². The quantitative estimate of drug-likeness (QED) is 0.217. The molecule has 0 bridgehead atoms. The van der Waals surface area contributed by atoms with E-state index in [2.05, 4.69) is 95.2 Å². The third-order valence-corrected chi connectivity index (χ3v) is 9.69. The van der Waals surface area contributed by atoms with Crippen LogP contribution in [0.3, 0.4) is 0 Å². The minimum atomic E-state index is -0.248. The SMILES string of the molecule is Fc1ccc(-c2cc(-c3cccs3)c3cccc(N4c5ccccc5[Se]c5ccccc54)c3n2)cc1. The molecule has 0 atom stereocenters. The first-order valence-electron chi connectivity index (χ1n) is 11.7. The molecule has 6 aromatic rings. The number of benzene rings is 4. The number of nitrogens with zero attached hydrogens (tertiary/aromatic N) is 2. The predicted octanol–water partition coefficient (Wildman–Crippen LogP) is 7.21. The van der Waals surface area contributed by atoms with E-state index in [4.69, 9.17) is 4.98 Å². The third kappa shape index (κ3) is 3.56. The molecule has 0 unspecified atom stereocenters. The summed E-state index contributed by atoms with van der Waals surface area (Å²) in [7, 11) is 0. The van der Waals surface area contributed by atoms with E-state index in [-0.39, 0.29) is 20.8 Å². The topological polar surface area (TPSA) is 16.1 Å². The van der Waals surface area contributed by atoms with Gasteiger partial charge in [-0.25, -0.2) is 0 Å². The van der Waals surface area contributed by atoms with Crippen molar-refractivity contribution in [3.8, 4) is 21.7 Å². The summed E-state index contributed by atoms with van der Waals surface area (Å²) in [6, 6.07) is 36.7. The van der Waals surface area contributed by atoms with Crippen molar-refractivity contribution in [2.45, 2.75) is 0 Å². The van der Waals surface area contributed by atoms with E-state index in [0.29, 0.717) is 0 Å². The Balaban J connectivity index is 1.55. The van der Waals surface area contributed by atoms with Gasteiger partial charge in [0.2, 0.25) is 0 Å². The molecule has 5 heteroatoms. The Morgan fingerprint density at radius 1 is 0.694 bits per heavy atom. The molecule has 2 aromatic heterocycles. The summed E-state index contributed by atoms with van der Waals surface area (Å²) < 4.78 is 16.4. The average molecular weight is 550 g/mol. The number of thiophene rings is 1. The molecule has 0 fully saturated rings. The van der Waals surface area contributed by atoms with E-state index in [1.54, 1.807) is 23.5 Å². The zero-order valence-electron chi connectivity index (χ0n) is 19.1. The van der Waals surface area contributed by atoms with Crippen LogP contribution in [0.1, 0.15) is 0 Å². The van der Waals surface area contributed by atoms with Crippen LogP contribution in [0.5, 0.6) is 0 Å². The molecule has 1 aliphatic heterocycles. The van der Waals surface area contributed by atoms with Crippen molar-refractivity contribution in [1.29, 1.82) is 0 Å². The van der Waals surface area contributed by atoms with E-state index in [1.807, 2.05) is 0 Å². The summed E-state index contributed by atoms with van der Waals surface area (Å²) in [6.45, 7) is 0. The second kappa shape index (κ2) is 8.72. The van der Waals surface area contributed by atoms with Gasteiger partial charge in [0.25, 0.3) is 0 Å². The average Bonchev–Trinajstić information content (AvgIpc) is 3.46. The molecule has 0 spiro atoms. The number of aromatic nitrogens is 1. The molecule has 1 aliphatic rings. The second-order valence-corrected chi connectivity index (χ2v) is 11.8. The van der Waals surface area contributed by atoms with Gasteiger partial charge in [-0.2, -0.15) is 0 Å². The van der Waals surface area contributed by atoms with Crippen molar-refractivity contribution >= 4 is 63.2 Å². The summed E-state index contributed by atoms with van der Waals surface area (Å²) in [6.07, 6.45) is 0. The predicted molar refractivity (Wildman–Crippen MR) is 150 cm³/mol. The van der Waals surface area contributed by atoms with Crippen molar-refractivity contribution in [2.75, 3.05) is 4.90 Å². The van der Waals surface area contributed by atoms with Gasteiger partial charge in [0.05, 0.1) is 0 Å². The number of halogens is 1. The summed E-state index contributed by atoms with van der Waals surface area (Å²) in [4.78, 5) is 8.76. The normalized spacial score (nSPS) is 12.4. The molecule has 36 heavy (non-hydrogen) atoms. The van der Waals surface area contributed by atoms with Gasteiger partial charge in [0.15, 0.2) is 0 Å². The van der Waals surface area contributed by atoms with Gasteiger partial charge in [-0.3, -0.25) is 0 Å². The molecular formula is C31H19FN2SSe. The Labute approximate surface area is 218 Å². The molecule has 0 radical (unpaired) electrons. The van der Waals surface area contributed by atoms with Crippen molar-refractivity contribution < 1.29 is 4.39 Å². The van der Waals surface area contributed by atoms with Gasteiger partial charge in [-0.15, -0.1) is 0 Å². The first-order chi connectivity index (χ1) is 17.8. The van der Waals surface area contributed by atoms with Crippen LogP contribution in [0.15, 0.2) is 115 Å². The van der Waals surface area contributed by atoms with Gasteiger partial charge in [-0.05, 0) is 0 Å². The molecule has 0 amide bonds. The number of para-hydroxylation sites is 3. The molecule has 3 heterocycles. The third-order valence-electron chi connectivity index (χ3n) is 6.42. The zero-order chi connectivity index (χ0) is 24.1. The van der Waals surface area contributed by atoms with E-state index >= 15 is 0 Å². The van der Waals surface area contributed by atoms with Crippen LogP contribution in [0, 0.1) is 5.82 Å². The number of fused-ring (bicyclic) bond motifs is 3. The molecular weight excluding hydrogens is 530 g/mol. The first-order valence-corrected chi connectivity index (χ1v) is 14.3. The maximum atomic E-state index is 13.7. The molecule has 0 saturated carbocycles. The number of anilines is 3. The fourth-order valence-electron chi connectivity index (χ4n) is 4.78. The van der Waals surface area contributed by atoms with Crippen LogP contribution in [0.4, 0.5) is 21.5 Å². The van der Waals surface area contributed by atoms with Gasteiger partial charge in [0, 0.05) is 0 Å². The Hall–Kier alpha value is -3.76. The van der Waals surface area contributed by atoms with Gasteiger partial charge < -0.3 is 0 Å². The Kier molecular flexibility index (Phi) is 5.21. The molecule has 2 nitrogen and oxygen atoms in total. The van der Waals surface area contributed by atoms with Crippen LogP contribution >= 0.6 is 11.3 Å². The van der Waals surface area contributed by atoms with Crippen molar-refractivity contribution in [1.82, 2.24) is 4.98 Å². The van der Waals surface area contributed by atoms with Crippen LogP contribution in [-0.4, -0.2) is 19.9 Å². The fraction of sp³-hybridized carbons (Fsp3) is 0. The summed E-state index contributed by atoms with van der Waals surface area (Å²) in [5.41, 5.74) is 7.26. The van der Waals surface area contributed by atoms with Crippen molar-refractivity contribution in [2.24, 2.45) is 0 Å². The number of rotatable bonds is 3. The fourth-order valence-corrected chi connectivity index (χ4v) is 7.76. The van der Waals surface area contributed by atoms with E-state index in [1.165, 1.54) is 37.3 Å². The zero-order valence-corrected chi connectivity index (χ0v) is 21.6. The number of pyridine rings is 1. The van der Waals surface area contributed by atoms with Crippen LogP contribution in [-0.2, 0) is 0 Å². The van der Waals surface area contributed by atoms with Gasteiger partial charge in [-0.1, -0.05) is 0 Å². The standard InChI is InChI=1S/C31H19FN2SSe/c32-21-16-14-20(15-17-21)24-19-23(28-11-6-18-35-28)22-7-5-10-27(31(22)33-24)34-25-8-1-3-12-29(25)36-30-13-4-2-9-26(30)34/h1-19H. The number of hydrogen-bond donors (Lipinski definition) is 0. The maximum absolute atomic E-state index is 13.7. The Morgan fingerprint density at radius 2 is 1.39 bits per heavy atom. The number of hydrogen-bond acceptors (Lipinski definition) is 3. The Bertz CT molecular complexity index is 1680. The van der Waals surface area contributed by atoms with Gasteiger partial charge >= 0.3 is 220 Å². The summed E-state index contributed by atoms with van der Waals surface area (Å²) >= 11 is 1.96.